The number of hydrogen-bond donors (Lipinski definition) is 0. The topological polar surface area (TPSA) is 67.5 Å². The number of carbonyl (C=O) groups is 1. The molecule has 0 amide bonds. The third kappa shape index (κ3) is 4.80. The lowest BCUT2D eigenvalue weighted by Crippen LogP contribution is -2.42. The van der Waals surface area contributed by atoms with Gasteiger partial charge in [0.2, 0.25) is 0 Å². The lowest BCUT2D eigenvalue weighted by atomic mass is 9.87. The van der Waals surface area contributed by atoms with Gasteiger partial charge in [-0.15, -0.1) is 0 Å². The molecule has 0 radical (unpaired) electrons. The number of ether oxygens (including phenoxy) is 2. The van der Waals surface area contributed by atoms with E-state index < -0.39 is 11.7 Å². The van der Waals surface area contributed by atoms with Crippen molar-refractivity contribution in [3.05, 3.63) is 64.8 Å². The maximum absolute atomic E-state index is 12.9. The number of aromatic nitrogens is 1. The van der Waals surface area contributed by atoms with Crippen LogP contribution >= 0.6 is 0 Å². The molecule has 4 rings (SSSR count). The number of rotatable bonds is 3. The molecule has 1 fully saturated rings. The number of carbonyl (C=O) groups excluding carboxylic acids is 1. The van der Waals surface area contributed by atoms with Crippen LogP contribution in [0, 0.1) is 25.2 Å². The van der Waals surface area contributed by atoms with Crippen LogP contribution in [0.15, 0.2) is 42.6 Å². The second-order valence-electron chi connectivity index (χ2n) is 10.3. The van der Waals surface area contributed by atoms with E-state index in [9.17, 15) is 4.79 Å². The Morgan fingerprint density at radius 2 is 1.82 bits per heavy atom. The van der Waals surface area contributed by atoms with Crippen molar-refractivity contribution in [3.63, 3.8) is 0 Å². The normalized spacial score (nSPS) is 19.1. The van der Waals surface area contributed by atoms with E-state index in [4.69, 9.17) is 14.7 Å². The van der Waals surface area contributed by atoms with Gasteiger partial charge in [0.05, 0.1) is 17.1 Å². The van der Waals surface area contributed by atoms with Crippen LogP contribution in [0.1, 0.15) is 55.4 Å². The summed E-state index contributed by atoms with van der Waals surface area (Å²) in [5.74, 6) is 0.992. The Kier molecular flexibility index (Phi) is 6.42. The molecular weight excluding hydrogens is 426 g/mol. The first kappa shape index (κ1) is 23.8. The molecule has 0 saturated carbocycles. The van der Waals surface area contributed by atoms with Crippen LogP contribution in [-0.2, 0) is 4.74 Å². The van der Waals surface area contributed by atoms with Gasteiger partial charge < -0.3 is 14.4 Å². The van der Waals surface area contributed by atoms with Crippen LogP contribution in [0.3, 0.4) is 0 Å². The van der Waals surface area contributed by atoms with Gasteiger partial charge in [0.25, 0.3) is 0 Å². The summed E-state index contributed by atoms with van der Waals surface area (Å²) in [5, 5.41) is 10.1. The number of likely N-dealkylation sites (N-methyl/N-ethyl adjacent to an activating group) is 1. The van der Waals surface area contributed by atoms with Crippen molar-refractivity contribution >= 4 is 17.0 Å². The molecule has 0 unspecified atom stereocenters. The average Bonchev–Trinajstić information content (AvgIpc) is 3.22. The monoisotopic (exact) mass is 459 g/mol. The second-order valence-corrected chi connectivity index (χ2v) is 10.3. The Morgan fingerprint density at radius 3 is 2.47 bits per heavy atom. The third-order valence-corrected chi connectivity index (χ3v) is 6.38. The number of hydrogen-bond acceptors (Lipinski definition) is 5. The molecule has 2 heterocycles. The zero-order valence-corrected chi connectivity index (χ0v) is 20.9. The molecule has 0 bridgehead atoms. The summed E-state index contributed by atoms with van der Waals surface area (Å²) < 4.78 is 14.0. The quantitative estimate of drug-likeness (QED) is 0.497. The lowest BCUT2D eigenvalue weighted by Gasteiger charge is -2.37. The minimum absolute atomic E-state index is 0.0152. The fourth-order valence-electron chi connectivity index (χ4n) is 4.82. The molecule has 3 aromatic rings. The highest BCUT2D eigenvalue weighted by Gasteiger charge is 2.32. The molecule has 1 aromatic heterocycles. The highest BCUT2D eigenvalue weighted by molar-refractivity contribution is 5.96. The fourth-order valence-corrected chi connectivity index (χ4v) is 4.82. The lowest BCUT2D eigenvalue weighted by molar-refractivity contribution is 0.0544. The highest BCUT2D eigenvalue weighted by Crippen LogP contribution is 2.38. The molecule has 6 nitrogen and oxygen atoms in total. The van der Waals surface area contributed by atoms with Crippen LogP contribution in [-0.4, -0.2) is 47.4 Å². The first-order valence-electron chi connectivity index (χ1n) is 11.8. The molecule has 1 aliphatic rings. The van der Waals surface area contributed by atoms with Crippen LogP contribution in [0.4, 0.5) is 4.79 Å². The highest BCUT2D eigenvalue weighted by atomic mass is 16.6. The summed E-state index contributed by atoms with van der Waals surface area (Å²) in [6.45, 7) is 11.5. The molecule has 0 spiro atoms. The van der Waals surface area contributed by atoms with Crippen LogP contribution in [0.2, 0.25) is 0 Å². The number of nitrogens with zero attached hydrogens (tertiary/aromatic N) is 3. The molecule has 34 heavy (non-hydrogen) atoms. The van der Waals surface area contributed by atoms with Gasteiger partial charge in [-0.1, -0.05) is 18.2 Å². The van der Waals surface area contributed by atoms with Gasteiger partial charge in [-0.05, 0) is 83.0 Å². The molecule has 1 saturated heterocycles. The van der Waals surface area contributed by atoms with Crippen molar-refractivity contribution in [2.45, 2.75) is 58.7 Å². The van der Waals surface area contributed by atoms with E-state index in [-0.39, 0.29) is 12.0 Å². The van der Waals surface area contributed by atoms with Crippen LogP contribution in [0.5, 0.6) is 5.75 Å². The summed E-state index contributed by atoms with van der Waals surface area (Å²) in [4.78, 5) is 15.2. The average molecular weight is 460 g/mol. The van der Waals surface area contributed by atoms with Gasteiger partial charge in [0, 0.05) is 30.6 Å². The summed E-state index contributed by atoms with van der Waals surface area (Å²) in [6.07, 6.45) is 2.25. The summed E-state index contributed by atoms with van der Waals surface area (Å²) in [5.41, 5.74) is 4.12. The SMILES string of the molecule is Cc1cc(C)c2c(ccn2C(=O)OC(C)(C)C)c1O[C@@H]1CCN(C)C[C@H]1c1ccc(C#N)cc1. The molecule has 178 valence electrons. The number of benzene rings is 2. The fraction of sp³-hybridized carbons (Fsp3) is 0.429. The maximum atomic E-state index is 12.9. The largest absolute Gasteiger partial charge is 0.489 e. The standard InChI is InChI=1S/C28H33N3O3/c1-18-15-19(2)26(22-11-14-31(25(18)22)27(32)34-28(3,4)5)33-24-12-13-30(6)17-23(24)21-9-7-20(16-29)8-10-21/h7-11,14-15,23-24H,12-13,17H2,1-6H3/t23-,24+/m0/s1. The van der Waals surface area contributed by atoms with Crippen molar-refractivity contribution in [1.29, 1.82) is 5.26 Å². The molecule has 0 aliphatic carbocycles. The maximum Gasteiger partial charge on any atom is 0.419 e. The third-order valence-electron chi connectivity index (χ3n) is 6.38. The van der Waals surface area contributed by atoms with Crippen LogP contribution < -0.4 is 4.74 Å². The van der Waals surface area contributed by atoms with E-state index >= 15 is 0 Å². The van der Waals surface area contributed by atoms with Crippen molar-refractivity contribution in [2.75, 3.05) is 20.1 Å². The zero-order chi connectivity index (χ0) is 24.6. The molecule has 0 N–H and O–H groups in total. The molecule has 6 heteroatoms. The van der Waals surface area contributed by atoms with Gasteiger partial charge in [-0.2, -0.15) is 5.26 Å². The van der Waals surface area contributed by atoms with E-state index in [1.165, 1.54) is 5.56 Å². The molecule has 1 aliphatic heterocycles. The summed E-state index contributed by atoms with van der Waals surface area (Å²) in [6, 6.07) is 14.0. The number of nitriles is 1. The predicted octanol–water partition coefficient (Wildman–Crippen LogP) is 5.78. The first-order chi connectivity index (χ1) is 16.1. The van der Waals surface area contributed by atoms with Gasteiger partial charge in [-0.25, -0.2) is 4.79 Å². The summed E-state index contributed by atoms with van der Waals surface area (Å²) >= 11 is 0. The number of fused-ring (bicyclic) bond motifs is 1. The minimum Gasteiger partial charge on any atom is -0.489 e. The Labute approximate surface area is 201 Å². The van der Waals surface area contributed by atoms with E-state index in [0.29, 0.717) is 5.56 Å². The van der Waals surface area contributed by atoms with Crippen molar-refractivity contribution in [2.24, 2.45) is 0 Å². The van der Waals surface area contributed by atoms with Gasteiger partial charge in [0.1, 0.15) is 17.5 Å². The smallest absolute Gasteiger partial charge is 0.419 e. The van der Waals surface area contributed by atoms with Crippen molar-refractivity contribution in [1.82, 2.24) is 9.47 Å². The summed E-state index contributed by atoms with van der Waals surface area (Å²) in [7, 11) is 2.13. The Morgan fingerprint density at radius 1 is 1.12 bits per heavy atom. The molecule has 2 aromatic carbocycles. The number of piperidine rings is 1. The Hall–Kier alpha value is -3.30. The van der Waals surface area contributed by atoms with Gasteiger partial charge in [-0.3, -0.25) is 4.57 Å². The van der Waals surface area contributed by atoms with E-state index in [0.717, 1.165) is 47.3 Å². The van der Waals surface area contributed by atoms with E-state index in [2.05, 4.69) is 31.0 Å². The first-order valence-corrected chi connectivity index (χ1v) is 11.8. The Bertz CT molecular complexity index is 1250. The minimum atomic E-state index is -0.575. The Balaban J connectivity index is 1.71. The van der Waals surface area contributed by atoms with E-state index in [1.54, 1.807) is 10.8 Å². The zero-order valence-electron chi connectivity index (χ0n) is 20.9. The number of aryl methyl sites for hydroxylation is 2. The predicted molar refractivity (Wildman–Crippen MR) is 133 cm³/mol. The number of likely N-dealkylation sites (tertiary alicyclic amines) is 1. The van der Waals surface area contributed by atoms with Gasteiger partial charge in [0.15, 0.2) is 0 Å². The van der Waals surface area contributed by atoms with Crippen molar-refractivity contribution in [3.8, 4) is 11.8 Å². The molecule has 2 atom stereocenters. The van der Waals surface area contributed by atoms with Gasteiger partial charge >= 0.3 is 6.09 Å². The van der Waals surface area contributed by atoms with Crippen LogP contribution in [0.25, 0.3) is 10.9 Å². The van der Waals surface area contributed by atoms with E-state index in [1.807, 2.05) is 58.0 Å². The van der Waals surface area contributed by atoms with Crippen molar-refractivity contribution < 1.29 is 14.3 Å². The second kappa shape index (κ2) is 9.15. The molecular formula is C28H33N3O3.